The maximum absolute atomic E-state index is 9.70. The van der Waals surface area contributed by atoms with Crippen LogP contribution in [0.25, 0.3) is 72.0 Å². The predicted octanol–water partition coefficient (Wildman–Crippen LogP) is 19.5. The van der Waals surface area contributed by atoms with Crippen LogP contribution in [0.4, 0.5) is 17.1 Å². The van der Waals surface area contributed by atoms with E-state index in [0.717, 1.165) is 71.7 Å². The van der Waals surface area contributed by atoms with Gasteiger partial charge in [0.2, 0.25) is 6.71 Å². The van der Waals surface area contributed by atoms with Gasteiger partial charge in [0.15, 0.2) is 0 Å². The van der Waals surface area contributed by atoms with Crippen LogP contribution in [0.2, 0.25) is 0 Å². The van der Waals surface area contributed by atoms with Crippen molar-refractivity contribution < 1.29 is 11.0 Å². The number of hydrogen-bond acceptors (Lipinski definition) is 2. The third-order valence-electron chi connectivity index (χ3n) is 18.1. The number of benzene rings is 12. The molecular weight excluding hydrogens is 1040 g/mol. The Labute approximate surface area is 515 Å². The molecule has 0 fully saturated rings. The smallest absolute Gasteiger partial charge is 0.249 e. The average Bonchev–Trinajstić information content (AvgIpc) is 1.64. The first-order valence-electron chi connectivity index (χ1n) is 33.4. The minimum atomic E-state index is -0.661. The highest BCUT2D eigenvalue weighted by molar-refractivity contribution is 8.00. The molecule has 0 saturated carbocycles. The van der Waals surface area contributed by atoms with E-state index in [1.807, 2.05) is 30.0 Å². The topological polar surface area (TPSA) is 8.17 Å². The SMILES string of the molecule is [2H]c1c([2H])c([2H])c2c(c1[2H])c1c([2H])c([2H])c([2H])c([2H])c1n2-c1ccc2c(c1)N(c1c(-c3ccccc3)cccc1-c1ccccc1)c1cc(-c3cc(C(C)(C)C)cc(C(C)(C)C)c3)cc3c1B2c1ccc2c(c1S3)-c1ccccc1C2(c1ccccc1)c1ccccc1. The zero-order valence-corrected chi connectivity index (χ0v) is 49.1. The summed E-state index contributed by atoms with van der Waals surface area (Å²) in [6.45, 7) is 13.3. The van der Waals surface area contributed by atoms with E-state index in [0.29, 0.717) is 5.69 Å². The molecule has 1 aromatic heterocycles. The van der Waals surface area contributed by atoms with Gasteiger partial charge in [0, 0.05) is 54.3 Å². The molecule has 0 unspecified atom stereocenters. The molecule has 0 spiro atoms. The molecule has 13 aromatic rings. The number of nitrogens with zero attached hydrogens (tertiary/aromatic N) is 2. The van der Waals surface area contributed by atoms with E-state index in [-0.39, 0.29) is 63.5 Å². The first kappa shape index (κ1) is 43.3. The highest BCUT2D eigenvalue weighted by atomic mass is 32.2. The van der Waals surface area contributed by atoms with Gasteiger partial charge in [-0.15, -0.1) is 0 Å². The highest BCUT2D eigenvalue weighted by Gasteiger charge is 2.50. The van der Waals surface area contributed by atoms with Crippen LogP contribution in [0.15, 0.2) is 283 Å². The van der Waals surface area contributed by atoms with Gasteiger partial charge >= 0.3 is 0 Å². The Hall–Kier alpha value is -9.35. The lowest BCUT2D eigenvalue weighted by Gasteiger charge is -2.42. The van der Waals surface area contributed by atoms with Crippen molar-refractivity contribution in [3.05, 3.63) is 306 Å². The monoisotopic (exact) mass is 1110 g/mol. The fraction of sp³-hybridized carbons (Fsp3) is 0.111. The van der Waals surface area contributed by atoms with Gasteiger partial charge in [-0.05, 0) is 119 Å². The average molecular weight is 1120 g/mol. The van der Waals surface area contributed by atoms with E-state index in [2.05, 4.69) is 253 Å². The summed E-state index contributed by atoms with van der Waals surface area (Å²) in [7, 11) is 0. The van der Waals surface area contributed by atoms with E-state index < -0.39 is 29.6 Å². The van der Waals surface area contributed by atoms with E-state index in [4.69, 9.17) is 5.48 Å². The summed E-state index contributed by atoms with van der Waals surface area (Å²) in [5.41, 5.74) is 21.2. The van der Waals surface area contributed by atoms with Gasteiger partial charge in [-0.2, -0.15) is 0 Å². The van der Waals surface area contributed by atoms with Gasteiger partial charge in [-0.3, -0.25) is 0 Å². The van der Waals surface area contributed by atoms with E-state index in [9.17, 15) is 5.48 Å². The van der Waals surface area contributed by atoms with Crippen molar-refractivity contribution in [2.45, 2.75) is 67.6 Å². The Morgan fingerprint density at radius 3 is 1.54 bits per heavy atom. The largest absolute Gasteiger partial charge is 0.310 e. The molecular formula is C81H63BN2S. The second kappa shape index (κ2) is 19.4. The second-order valence-corrected chi connectivity index (χ2v) is 26.0. The summed E-state index contributed by atoms with van der Waals surface area (Å²) in [6.07, 6.45) is 0. The molecule has 0 amide bonds. The zero-order chi connectivity index (χ0) is 64.3. The molecule has 0 atom stereocenters. The number of fused-ring (bicyclic) bond motifs is 11. The minimum Gasteiger partial charge on any atom is -0.310 e. The van der Waals surface area contributed by atoms with Crippen molar-refractivity contribution in [3.8, 4) is 50.2 Å². The van der Waals surface area contributed by atoms with Crippen LogP contribution in [-0.2, 0) is 16.2 Å². The Morgan fingerprint density at radius 2 is 0.953 bits per heavy atom. The van der Waals surface area contributed by atoms with Crippen LogP contribution in [0.5, 0.6) is 0 Å². The van der Waals surface area contributed by atoms with Gasteiger partial charge in [0.1, 0.15) is 0 Å². The molecule has 0 saturated heterocycles. The molecule has 2 aliphatic heterocycles. The third kappa shape index (κ3) is 7.88. The number of anilines is 3. The van der Waals surface area contributed by atoms with Crippen molar-refractivity contribution in [1.82, 2.24) is 4.57 Å². The normalized spacial score (nSPS) is 15.1. The molecule has 406 valence electrons. The lowest BCUT2D eigenvalue weighted by atomic mass is 9.34. The number of rotatable bonds is 7. The predicted molar refractivity (Wildman–Crippen MR) is 362 cm³/mol. The zero-order valence-electron chi connectivity index (χ0n) is 56.2. The molecule has 1 aliphatic carbocycles. The molecule has 3 aliphatic rings. The van der Waals surface area contributed by atoms with E-state index in [1.165, 1.54) is 49.4 Å². The lowest BCUT2D eigenvalue weighted by molar-refractivity contribution is 0.569. The summed E-state index contributed by atoms with van der Waals surface area (Å²) >= 11 is 1.85. The first-order chi connectivity index (χ1) is 44.8. The van der Waals surface area contributed by atoms with Gasteiger partial charge in [-0.1, -0.05) is 295 Å². The highest BCUT2D eigenvalue weighted by Crippen LogP contribution is 2.60. The Kier molecular flexibility index (Phi) is 9.86. The van der Waals surface area contributed by atoms with Crippen LogP contribution in [0.3, 0.4) is 0 Å². The summed E-state index contributed by atoms with van der Waals surface area (Å²) in [6, 6.07) is 77.9. The summed E-state index contributed by atoms with van der Waals surface area (Å²) < 4.78 is 76.2. The number of aromatic nitrogens is 1. The third-order valence-corrected chi connectivity index (χ3v) is 19.3. The quantitative estimate of drug-likeness (QED) is 0.147. The fourth-order valence-electron chi connectivity index (χ4n) is 14.1. The minimum absolute atomic E-state index is 0.0274. The Balaban J connectivity index is 1.08. The summed E-state index contributed by atoms with van der Waals surface area (Å²) in [5, 5.41) is 0.0547. The van der Waals surface area contributed by atoms with Crippen molar-refractivity contribution in [2.24, 2.45) is 0 Å². The van der Waals surface area contributed by atoms with E-state index >= 15 is 0 Å². The maximum Gasteiger partial charge on any atom is 0.249 e. The number of para-hydroxylation sites is 3. The number of hydrogen-bond donors (Lipinski definition) is 0. The Morgan fingerprint density at radius 1 is 0.435 bits per heavy atom. The van der Waals surface area contributed by atoms with Gasteiger partial charge in [0.25, 0.3) is 0 Å². The first-order valence-corrected chi connectivity index (χ1v) is 30.2. The standard InChI is InChI=1S/C81H63BN2S/c1-79(2,3)58-46-54(47-59(50-58)80(4,5)6)55-48-73-76-74(49-55)85-78-69(45-43-67-75(78)65-36-19-22-39-66(65)81(67,56-30-15-9-16-31-56)57-32-17-10-18-33-57)82(76)68-44-42-60(83-70-40-23-20-34-63(70)64-35-21-24-41-71(64)83)51-72(68)84(73)77-61(52-26-11-7-12-27-52)37-25-38-62(77)53-28-13-8-14-29-53/h7-51H,1-6H3/i20D,21D,23D,24D,34D,35D,40D,41D. The summed E-state index contributed by atoms with van der Waals surface area (Å²) in [5.74, 6) is 0. The molecule has 3 heterocycles. The lowest BCUT2D eigenvalue weighted by Crippen LogP contribution is -2.60. The van der Waals surface area contributed by atoms with Crippen LogP contribution in [0, 0.1) is 0 Å². The van der Waals surface area contributed by atoms with Crippen LogP contribution >= 0.6 is 11.8 Å². The molecule has 0 bridgehead atoms. The maximum atomic E-state index is 9.70. The summed E-state index contributed by atoms with van der Waals surface area (Å²) in [4.78, 5) is 4.72. The second-order valence-electron chi connectivity index (χ2n) is 25.0. The molecule has 16 rings (SSSR count). The van der Waals surface area contributed by atoms with E-state index in [1.54, 1.807) is 4.57 Å². The van der Waals surface area contributed by atoms with Gasteiger partial charge < -0.3 is 9.47 Å². The van der Waals surface area contributed by atoms with Crippen LogP contribution in [-0.4, -0.2) is 11.3 Å². The van der Waals surface area contributed by atoms with Crippen molar-refractivity contribution in [3.63, 3.8) is 0 Å². The molecule has 2 nitrogen and oxygen atoms in total. The van der Waals surface area contributed by atoms with Crippen molar-refractivity contribution >= 4 is 73.7 Å². The van der Waals surface area contributed by atoms with Gasteiger partial charge in [-0.25, -0.2) is 0 Å². The molecule has 0 N–H and O–H groups in total. The fourth-order valence-corrected chi connectivity index (χ4v) is 15.4. The van der Waals surface area contributed by atoms with Crippen molar-refractivity contribution in [2.75, 3.05) is 4.90 Å². The molecule has 12 aromatic carbocycles. The van der Waals surface area contributed by atoms with Crippen LogP contribution in [0.1, 0.15) is 85.9 Å². The molecule has 85 heavy (non-hydrogen) atoms. The van der Waals surface area contributed by atoms with Crippen LogP contribution < -0.4 is 21.3 Å². The van der Waals surface area contributed by atoms with Crippen molar-refractivity contribution in [1.29, 1.82) is 0 Å². The van der Waals surface area contributed by atoms with Gasteiger partial charge in [0.05, 0.1) is 33.1 Å². The molecule has 0 radical (unpaired) electrons. The molecule has 4 heteroatoms. The Bertz CT molecular complexity index is 5100.